The van der Waals surface area contributed by atoms with Crippen molar-refractivity contribution in [3.8, 4) is 0 Å². The molecule has 2 saturated carbocycles. The van der Waals surface area contributed by atoms with Crippen LogP contribution < -0.4 is 0 Å². The van der Waals surface area contributed by atoms with E-state index in [9.17, 15) is 5.11 Å². The molecule has 0 bridgehead atoms. The van der Waals surface area contributed by atoms with E-state index in [4.69, 9.17) is 0 Å². The Morgan fingerprint density at radius 2 is 1.87 bits per heavy atom. The maximum atomic E-state index is 9.84. The Bertz CT molecular complexity index is 186. The second kappa shape index (κ2) is 5.34. The highest BCUT2D eigenvalue weighted by Crippen LogP contribution is 2.37. The van der Waals surface area contributed by atoms with Crippen molar-refractivity contribution in [2.45, 2.75) is 70.8 Å². The van der Waals surface area contributed by atoms with Gasteiger partial charge in [-0.25, -0.2) is 0 Å². The van der Waals surface area contributed by atoms with E-state index >= 15 is 0 Å². The second-order valence-electron chi connectivity index (χ2n) is 5.79. The van der Waals surface area contributed by atoms with Crippen LogP contribution in [0.3, 0.4) is 0 Å². The lowest BCUT2D eigenvalue weighted by Crippen LogP contribution is -2.18. The molecule has 1 N–H and O–H groups in total. The summed E-state index contributed by atoms with van der Waals surface area (Å²) in [5, 5.41) is 9.84. The zero-order chi connectivity index (χ0) is 10.7. The molecular weight excluding hydrogens is 184 g/mol. The Balaban J connectivity index is 1.64. The zero-order valence-corrected chi connectivity index (χ0v) is 10.1. The van der Waals surface area contributed by atoms with Crippen LogP contribution in [0.25, 0.3) is 0 Å². The molecule has 0 aromatic heterocycles. The van der Waals surface area contributed by atoms with Crippen LogP contribution in [0.15, 0.2) is 0 Å². The molecule has 1 nitrogen and oxygen atoms in total. The Hall–Kier alpha value is -0.0400. The molecule has 0 amide bonds. The van der Waals surface area contributed by atoms with Crippen LogP contribution in [0.5, 0.6) is 0 Å². The van der Waals surface area contributed by atoms with E-state index < -0.39 is 0 Å². The fourth-order valence-electron chi connectivity index (χ4n) is 3.16. The average molecular weight is 210 g/mol. The van der Waals surface area contributed by atoms with Gasteiger partial charge in [-0.3, -0.25) is 0 Å². The fraction of sp³-hybridized carbons (Fsp3) is 1.00. The number of hydrogen-bond donors (Lipinski definition) is 1. The van der Waals surface area contributed by atoms with Gasteiger partial charge < -0.3 is 5.11 Å². The Labute approximate surface area is 94.3 Å². The molecule has 1 heteroatoms. The summed E-state index contributed by atoms with van der Waals surface area (Å²) >= 11 is 0. The van der Waals surface area contributed by atoms with Gasteiger partial charge in [0.15, 0.2) is 0 Å². The summed E-state index contributed by atoms with van der Waals surface area (Å²) in [4.78, 5) is 0. The molecule has 0 aromatic rings. The number of aliphatic hydroxyl groups is 1. The summed E-state index contributed by atoms with van der Waals surface area (Å²) in [5.74, 6) is 2.59. The summed E-state index contributed by atoms with van der Waals surface area (Å²) in [7, 11) is 0. The molecule has 0 heterocycles. The quantitative estimate of drug-likeness (QED) is 0.732. The van der Waals surface area contributed by atoms with Gasteiger partial charge >= 0.3 is 0 Å². The van der Waals surface area contributed by atoms with Crippen molar-refractivity contribution in [3.05, 3.63) is 0 Å². The maximum Gasteiger partial charge on any atom is 0.0568 e. The van der Waals surface area contributed by atoms with Crippen molar-refractivity contribution < 1.29 is 5.11 Å². The predicted molar refractivity (Wildman–Crippen MR) is 63.7 cm³/mol. The second-order valence-corrected chi connectivity index (χ2v) is 5.79. The van der Waals surface area contributed by atoms with Crippen molar-refractivity contribution in [2.24, 2.45) is 17.8 Å². The lowest BCUT2D eigenvalue weighted by atomic mass is 9.78. The number of aliphatic hydroxyl groups excluding tert-OH is 1. The highest BCUT2D eigenvalue weighted by Gasteiger charge is 2.30. The van der Waals surface area contributed by atoms with Crippen molar-refractivity contribution >= 4 is 0 Å². The first-order valence-electron chi connectivity index (χ1n) is 6.97. The van der Waals surface area contributed by atoms with Crippen molar-refractivity contribution in [3.63, 3.8) is 0 Å². The molecule has 0 aliphatic heterocycles. The van der Waals surface area contributed by atoms with Crippen LogP contribution in [0, 0.1) is 17.8 Å². The lowest BCUT2D eigenvalue weighted by molar-refractivity contribution is 0.123. The molecule has 15 heavy (non-hydrogen) atoms. The van der Waals surface area contributed by atoms with Crippen LogP contribution in [-0.4, -0.2) is 11.2 Å². The minimum atomic E-state index is 0.0343. The van der Waals surface area contributed by atoms with Gasteiger partial charge in [-0.05, 0) is 49.9 Å². The summed E-state index contributed by atoms with van der Waals surface area (Å²) < 4.78 is 0. The number of hydrogen-bond acceptors (Lipinski definition) is 1. The van der Waals surface area contributed by atoms with E-state index in [1.165, 1.54) is 51.4 Å². The van der Waals surface area contributed by atoms with Crippen LogP contribution in [-0.2, 0) is 0 Å². The Morgan fingerprint density at radius 1 is 1.13 bits per heavy atom. The molecule has 2 fully saturated rings. The molecule has 88 valence electrons. The monoisotopic (exact) mass is 210 g/mol. The Morgan fingerprint density at radius 3 is 2.53 bits per heavy atom. The molecule has 3 atom stereocenters. The first-order valence-corrected chi connectivity index (χ1v) is 6.97. The largest absolute Gasteiger partial charge is 0.393 e. The fourth-order valence-corrected chi connectivity index (χ4v) is 3.16. The van der Waals surface area contributed by atoms with Gasteiger partial charge in [0, 0.05) is 0 Å². The molecule has 0 aromatic carbocycles. The number of rotatable bonds is 5. The van der Waals surface area contributed by atoms with Crippen molar-refractivity contribution in [2.75, 3.05) is 0 Å². The highest BCUT2D eigenvalue weighted by atomic mass is 16.3. The van der Waals surface area contributed by atoms with Gasteiger partial charge in [0.25, 0.3) is 0 Å². The van der Waals surface area contributed by atoms with E-state index in [2.05, 4.69) is 6.92 Å². The summed E-state index contributed by atoms with van der Waals surface area (Å²) in [6, 6.07) is 0. The third kappa shape index (κ3) is 3.48. The zero-order valence-electron chi connectivity index (χ0n) is 10.1. The van der Waals surface area contributed by atoms with E-state index in [0.717, 1.165) is 18.3 Å². The molecule has 2 aliphatic rings. The molecule has 2 rings (SSSR count). The average Bonchev–Trinajstić information content (AvgIpc) is 3.10. The van der Waals surface area contributed by atoms with Gasteiger partial charge in [0.2, 0.25) is 0 Å². The van der Waals surface area contributed by atoms with E-state index in [-0.39, 0.29) is 6.10 Å². The van der Waals surface area contributed by atoms with Crippen LogP contribution >= 0.6 is 0 Å². The first-order chi connectivity index (χ1) is 7.29. The van der Waals surface area contributed by atoms with E-state index in [1.54, 1.807) is 0 Å². The third-order valence-corrected chi connectivity index (χ3v) is 4.51. The van der Waals surface area contributed by atoms with Gasteiger partial charge in [-0.2, -0.15) is 0 Å². The third-order valence-electron chi connectivity index (χ3n) is 4.51. The lowest BCUT2D eigenvalue weighted by Gasteiger charge is -2.29. The smallest absolute Gasteiger partial charge is 0.0568 e. The Kier molecular flexibility index (Phi) is 4.07. The molecule has 3 unspecified atom stereocenters. The van der Waals surface area contributed by atoms with Crippen LogP contribution in [0.4, 0.5) is 0 Å². The van der Waals surface area contributed by atoms with E-state index in [0.29, 0.717) is 5.92 Å². The van der Waals surface area contributed by atoms with Gasteiger partial charge in [0.05, 0.1) is 6.10 Å². The maximum absolute atomic E-state index is 9.84. The highest BCUT2D eigenvalue weighted by molar-refractivity contribution is 4.82. The standard InChI is InChI=1S/C14H26O/c1-2-11-4-3-5-12(10-11)6-9-14(15)13-7-8-13/h11-15H,2-10H2,1H3. The van der Waals surface area contributed by atoms with Crippen molar-refractivity contribution in [1.82, 2.24) is 0 Å². The summed E-state index contributed by atoms with van der Waals surface area (Å²) in [5.41, 5.74) is 0. The summed E-state index contributed by atoms with van der Waals surface area (Å²) in [6.45, 7) is 2.33. The minimum Gasteiger partial charge on any atom is -0.393 e. The summed E-state index contributed by atoms with van der Waals surface area (Å²) in [6.07, 6.45) is 12.1. The molecule has 0 spiro atoms. The topological polar surface area (TPSA) is 20.2 Å². The van der Waals surface area contributed by atoms with Gasteiger partial charge in [-0.1, -0.05) is 32.6 Å². The molecular formula is C14H26O. The van der Waals surface area contributed by atoms with Crippen LogP contribution in [0.2, 0.25) is 0 Å². The SMILES string of the molecule is CCC1CCCC(CCC(O)C2CC2)C1. The molecule has 0 radical (unpaired) electrons. The molecule has 0 saturated heterocycles. The first kappa shape index (κ1) is 11.4. The predicted octanol–water partition coefficient (Wildman–Crippen LogP) is 3.75. The van der Waals surface area contributed by atoms with Crippen molar-refractivity contribution in [1.29, 1.82) is 0 Å². The minimum absolute atomic E-state index is 0.0343. The van der Waals surface area contributed by atoms with Gasteiger partial charge in [-0.15, -0.1) is 0 Å². The van der Waals surface area contributed by atoms with E-state index in [1.807, 2.05) is 0 Å². The van der Waals surface area contributed by atoms with Crippen LogP contribution in [0.1, 0.15) is 64.7 Å². The normalized spacial score (nSPS) is 34.0. The molecule has 2 aliphatic carbocycles. The van der Waals surface area contributed by atoms with Gasteiger partial charge in [0.1, 0.15) is 0 Å².